The van der Waals surface area contributed by atoms with Gasteiger partial charge in [-0.3, -0.25) is 4.79 Å². The topological polar surface area (TPSA) is 52.9 Å². The molecular formula is C13H12F2N2O. The lowest BCUT2D eigenvalue weighted by atomic mass is 10.1. The third-order valence-electron chi connectivity index (χ3n) is 3.19. The van der Waals surface area contributed by atoms with Crippen molar-refractivity contribution in [2.24, 2.45) is 5.92 Å². The molecule has 1 saturated carbocycles. The molecule has 1 aliphatic rings. The van der Waals surface area contributed by atoms with Crippen LogP contribution >= 0.6 is 0 Å². The van der Waals surface area contributed by atoms with Crippen LogP contribution in [0.4, 0.5) is 8.78 Å². The van der Waals surface area contributed by atoms with Crippen molar-refractivity contribution < 1.29 is 13.6 Å². The van der Waals surface area contributed by atoms with Crippen LogP contribution in [-0.4, -0.2) is 11.9 Å². The van der Waals surface area contributed by atoms with Gasteiger partial charge in [-0.25, -0.2) is 8.78 Å². The van der Waals surface area contributed by atoms with E-state index in [-0.39, 0.29) is 17.5 Å². The van der Waals surface area contributed by atoms with E-state index < -0.39 is 17.5 Å². The molecule has 0 aliphatic heterocycles. The maximum Gasteiger partial charge on any atom is 0.254 e. The predicted molar refractivity (Wildman–Crippen MR) is 60.6 cm³/mol. The zero-order chi connectivity index (χ0) is 13.1. The van der Waals surface area contributed by atoms with Gasteiger partial charge in [0.15, 0.2) is 11.6 Å². The second-order valence-corrected chi connectivity index (χ2v) is 4.35. The molecule has 0 radical (unpaired) electrons. The molecule has 0 aromatic heterocycles. The zero-order valence-corrected chi connectivity index (χ0v) is 9.62. The summed E-state index contributed by atoms with van der Waals surface area (Å²) in [6, 6.07) is 5.31. The molecule has 1 aromatic rings. The molecule has 18 heavy (non-hydrogen) atoms. The van der Waals surface area contributed by atoms with Crippen molar-refractivity contribution in [3.8, 4) is 6.07 Å². The minimum absolute atomic E-state index is 0.245. The summed E-state index contributed by atoms with van der Waals surface area (Å²) in [5.41, 5.74) is -0.321. The van der Waals surface area contributed by atoms with Crippen LogP contribution in [0, 0.1) is 28.9 Å². The van der Waals surface area contributed by atoms with E-state index in [0.717, 1.165) is 18.9 Å². The molecule has 1 fully saturated rings. The lowest BCUT2D eigenvalue weighted by molar-refractivity contribution is 0.0927. The number of nitrogens with one attached hydrogen (secondary N) is 1. The number of nitrogens with zero attached hydrogens (tertiary/aromatic N) is 1. The van der Waals surface area contributed by atoms with Gasteiger partial charge in [-0.1, -0.05) is 6.07 Å². The molecule has 2 rings (SSSR count). The van der Waals surface area contributed by atoms with E-state index in [1.807, 2.05) is 0 Å². The lowest BCUT2D eigenvalue weighted by Crippen LogP contribution is -2.37. The summed E-state index contributed by atoms with van der Waals surface area (Å²) >= 11 is 0. The van der Waals surface area contributed by atoms with Crippen LogP contribution in [0.5, 0.6) is 0 Å². The third kappa shape index (κ3) is 2.33. The van der Waals surface area contributed by atoms with Crippen molar-refractivity contribution in [2.45, 2.75) is 25.3 Å². The molecule has 2 unspecified atom stereocenters. The lowest BCUT2D eigenvalue weighted by Gasteiger charge is -2.15. The minimum atomic E-state index is -1.15. The van der Waals surface area contributed by atoms with Crippen molar-refractivity contribution in [3.05, 3.63) is 35.4 Å². The van der Waals surface area contributed by atoms with Gasteiger partial charge in [0.25, 0.3) is 5.91 Å². The van der Waals surface area contributed by atoms with Gasteiger partial charge in [0.05, 0.1) is 17.6 Å². The van der Waals surface area contributed by atoms with E-state index in [4.69, 9.17) is 5.26 Å². The highest BCUT2D eigenvalue weighted by molar-refractivity contribution is 5.94. The van der Waals surface area contributed by atoms with Gasteiger partial charge in [0, 0.05) is 6.04 Å². The van der Waals surface area contributed by atoms with Crippen LogP contribution < -0.4 is 5.32 Å². The Balaban J connectivity index is 2.13. The van der Waals surface area contributed by atoms with Crippen molar-refractivity contribution in [1.29, 1.82) is 5.26 Å². The zero-order valence-electron chi connectivity index (χ0n) is 9.62. The van der Waals surface area contributed by atoms with Gasteiger partial charge >= 0.3 is 0 Å². The van der Waals surface area contributed by atoms with Gasteiger partial charge < -0.3 is 5.32 Å². The molecule has 2 atom stereocenters. The Morgan fingerprint density at radius 2 is 2.17 bits per heavy atom. The van der Waals surface area contributed by atoms with Gasteiger partial charge in [0.2, 0.25) is 0 Å². The Hall–Kier alpha value is -1.96. The number of benzene rings is 1. The Labute approximate surface area is 103 Å². The van der Waals surface area contributed by atoms with Gasteiger partial charge in [-0.15, -0.1) is 0 Å². The Bertz CT molecular complexity index is 510. The minimum Gasteiger partial charge on any atom is -0.348 e. The maximum absolute atomic E-state index is 13.4. The summed E-state index contributed by atoms with van der Waals surface area (Å²) in [5.74, 6) is -3.11. The van der Waals surface area contributed by atoms with Crippen LogP contribution in [0.2, 0.25) is 0 Å². The molecule has 5 heteroatoms. The van der Waals surface area contributed by atoms with Crippen molar-refractivity contribution in [1.82, 2.24) is 5.32 Å². The van der Waals surface area contributed by atoms with Crippen LogP contribution in [0.3, 0.4) is 0 Å². The monoisotopic (exact) mass is 250 g/mol. The summed E-state index contributed by atoms with van der Waals surface area (Å²) < 4.78 is 26.4. The molecule has 1 N–H and O–H groups in total. The molecule has 1 aromatic carbocycles. The van der Waals surface area contributed by atoms with E-state index in [1.54, 1.807) is 0 Å². The second kappa shape index (κ2) is 5.13. The number of amides is 1. The molecule has 0 saturated heterocycles. The average molecular weight is 250 g/mol. The summed E-state index contributed by atoms with van der Waals surface area (Å²) in [4.78, 5) is 11.8. The standard InChI is InChI=1S/C13H12F2N2O/c14-10-5-2-4-9(12(10)15)13(18)17-11-6-1-3-8(11)7-16/h2,4-5,8,11H,1,3,6H2,(H,17,18). The van der Waals surface area contributed by atoms with Crippen LogP contribution in [0.15, 0.2) is 18.2 Å². The summed E-state index contributed by atoms with van der Waals surface area (Å²) in [7, 11) is 0. The van der Waals surface area contributed by atoms with E-state index >= 15 is 0 Å². The quantitative estimate of drug-likeness (QED) is 0.876. The first-order chi connectivity index (χ1) is 8.63. The SMILES string of the molecule is N#CC1CCCC1NC(=O)c1cccc(F)c1F. The van der Waals surface area contributed by atoms with Crippen molar-refractivity contribution >= 4 is 5.91 Å². The molecule has 1 amide bonds. The molecule has 0 bridgehead atoms. The number of carbonyl (C=O) groups excluding carboxylic acids is 1. The average Bonchev–Trinajstić information content (AvgIpc) is 2.79. The Kier molecular flexibility index (Phi) is 3.56. The Morgan fingerprint density at radius 3 is 2.89 bits per heavy atom. The number of halogens is 2. The van der Waals surface area contributed by atoms with Crippen LogP contribution in [-0.2, 0) is 0 Å². The summed E-state index contributed by atoms with van der Waals surface area (Å²) in [6.07, 6.45) is 2.28. The fourth-order valence-corrected chi connectivity index (χ4v) is 2.21. The number of hydrogen-bond acceptors (Lipinski definition) is 2. The molecule has 0 spiro atoms. The second-order valence-electron chi connectivity index (χ2n) is 4.35. The normalized spacial score (nSPS) is 22.5. The van der Waals surface area contributed by atoms with E-state index in [9.17, 15) is 13.6 Å². The molecule has 94 valence electrons. The number of nitriles is 1. The van der Waals surface area contributed by atoms with Crippen molar-refractivity contribution in [3.63, 3.8) is 0 Å². The largest absolute Gasteiger partial charge is 0.348 e. The van der Waals surface area contributed by atoms with Crippen LogP contribution in [0.1, 0.15) is 29.6 Å². The number of carbonyl (C=O) groups is 1. The molecule has 1 aliphatic carbocycles. The highest BCUT2D eigenvalue weighted by Crippen LogP contribution is 2.25. The highest BCUT2D eigenvalue weighted by atomic mass is 19.2. The van der Waals surface area contributed by atoms with Crippen LogP contribution in [0.25, 0.3) is 0 Å². The number of rotatable bonds is 2. The van der Waals surface area contributed by atoms with E-state index in [0.29, 0.717) is 6.42 Å². The first kappa shape index (κ1) is 12.5. The summed E-state index contributed by atoms with van der Waals surface area (Å²) in [6.45, 7) is 0. The first-order valence-electron chi connectivity index (χ1n) is 5.78. The van der Waals surface area contributed by atoms with Gasteiger partial charge in [-0.2, -0.15) is 5.26 Å². The third-order valence-corrected chi connectivity index (χ3v) is 3.19. The number of hydrogen-bond donors (Lipinski definition) is 1. The van der Waals surface area contributed by atoms with Gasteiger partial charge in [-0.05, 0) is 31.4 Å². The smallest absolute Gasteiger partial charge is 0.254 e. The Morgan fingerprint density at radius 1 is 1.39 bits per heavy atom. The fraction of sp³-hybridized carbons (Fsp3) is 0.385. The predicted octanol–water partition coefficient (Wildman–Crippen LogP) is 2.39. The van der Waals surface area contributed by atoms with Gasteiger partial charge in [0.1, 0.15) is 0 Å². The van der Waals surface area contributed by atoms with Crippen molar-refractivity contribution in [2.75, 3.05) is 0 Å². The highest BCUT2D eigenvalue weighted by Gasteiger charge is 2.29. The van der Waals surface area contributed by atoms with E-state index in [1.165, 1.54) is 12.1 Å². The maximum atomic E-state index is 13.4. The fourth-order valence-electron chi connectivity index (χ4n) is 2.21. The molecule has 0 heterocycles. The first-order valence-corrected chi connectivity index (χ1v) is 5.78. The molecular weight excluding hydrogens is 238 g/mol. The molecule has 3 nitrogen and oxygen atoms in total. The summed E-state index contributed by atoms with van der Waals surface area (Å²) in [5, 5.41) is 11.5. The van der Waals surface area contributed by atoms with E-state index in [2.05, 4.69) is 11.4 Å².